The number of rotatable bonds is 3. The summed E-state index contributed by atoms with van der Waals surface area (Å²) in [7, 11) is 0. The van der Waals surface area contributed by atoms with Crippen LogP contribution in [0.5, 0.6) is 0 Å². The van der Waals surface area contributed by atoms with Gasteiger partial charge in [-0.25, -0.2) is 0 Å². The summed E-state index contributed by atoms with van der Waals surface area (Å²) < 4.78 is 6.31. The summed E-state index contributed by atoms with van der Waals surface area (Å²) in [4.78, 5) is 15.5. The van der Waals surface area contributed by atoms with Crippen LogP contribution in [0.1, 0.15) is 36.8 Å². The van der Waals surface area contributed by atoms with Gasteiger partial charge in [-0.3, -0.25) is 15.0 Å². The molecule has 1 aliphatic carbocycles. The third-order valence-electron chi connectivity index (χ3n) is 7.03. The van der Waals surface area contributed by atoms with E-state index in [4.69, 9.17) is 4.74 Å². The van der Waals surface area contributed by atoms with E-state index in [-0.39, 0.29) is 28.6 Å². The standard InChI is InChI=1S/C23H27N3O3.ClH/c27-26(28)21-7-5-19(6-8-21)24-13-15-25(16-14-24)20-9-11-23(12-10-20)22-4-2-1-3-18(22)17-29-23;/h1-8,20H,9-17H2;1H. The van der Waals surface area contributed by atoms with Crippen molar-refractivity contribution in [3.8, 4) is 0 Å². The van der Waals surface area contributed by atoms with Gasteiger partial charge in [0.25, 0.3) is 5.69 Å². The first-order chi connectivity index (χ1) is 14.1. The lowest BCUT2D eigenvalue weighted by Gasteiger charge is -2.45. The third kappa shape index (κ3) is 3.80. The molecule has 1 spiro atoms. The van der Waals surface area contributed by atoms with E-state index in [1.807, 2.05) is 12.1 Å². The van der Waals surface area contributed by atoms with Crippen molar-refractivity contribution in [2.45, 2.75) is 43.9 Å². The van der Waals surface area contributed by atoms with E-state index < -0.39 is 0 Å². The number of nitrogens with zero attached hydrogens (tertiary/aromatic N) is 3. The first-order valence-corrected chi connectivity index (χ1v) is 10.6. The fourth-order valence-corrected chi connectivity index (χ4v) is 5.36. The smallest absolute Gasteiger partial charge is 0.269 e. The van der Waals surface area contributed by atoms with Crippen molar-refractivity contribution in [1.29, 1.82) is 0 Å². The Hall–Kier alpha value is -2.15. The molecule has 5 rings (SSSR count). The maximum Gasteiger partial charge on any atom is 0.269 e. The lowest BCUT2D eigenvalue weighted by Crippen LogP contribution is -2.52. The Labute approximate surface area is 183 Å². The van der Waals surface area contributed by atoms with E-state index in [9.17, 15) is 10.1 Å². The van der Waals surface area contributed by atoms with Crippen LogP contribution < -0.4 is 4.90 Å². The minimum atomic E-state index is -0.343. The fraction of sp³-hybridized carbons (Fsp3) is 0.478. The summed E-state index contributed by atoms with van der Waals surface area (Å²) in [5.41, 5.74) is 3.96. The lowest BCUT2D eigenvalue weighted by atomic mass is 9.77. The average molecular weight is 430 g/mol. The van der Waals surface area contributed by atoms with Crippen LogP contribution in [0.15, 0.2) is 48.5 Å². The molecular weight excluding hydrogens is 402 g/mol. The number of hydrogen-bond acceptors (Lipinski definition) is 5. The van der Waals surface area contributed by atoms with E-state index in [0.717, 1.165) is 51.3 Å². The van der Waals surface area contributed by atoms with Gasteiger partial charge < -0.3 is 9.64 Å². The zero-order valence-electron chi connectivity index (χ0n) is 17.0. The molecule has 1 saturated heterocycles. The second kappa shape index (κ2) is 8.53. The highest BCUT2D eigenvalue weighted by Crippen LogP contribution is 2.47. The normalized spacial score (nSPS) is 26.3. The molecule has 7 heteroatoms. The van der Waals surface area contributed by atoms with E-state index in [1.54, 1.807) is 12.1 Å². The molecule has 2 fully saturated rings. The Bertz CT molecular complexity index is 889. The minimum Gasteiger partial charge on any atom is -0.369 e. The van der Waals surface area contributed by atoms with Crippen LogP contribution in [-0.4, -0.2) is 42.0 Å². The Morgan fingerprint density at radius 3 is 2.30 bits per heavy atom. The molecule has 160 valence electrons. The van der Waals surface area contributed by atoms with Crippen molar-refractivity contribution in [1.82, 2.24) is 4.90 Å². The summed E-state index contributed by atoms with van der Waals surface area (Å²) in [6.07, 6.45) is 4.59. The van der Waals surface area contributed by atoms with Gasteiger partial charge >= 0.3 is 0 Å². The molecule has 2 heterocycles. The summed E-state index contributed by atoms with van der Waals surface area (Å²) in [5.74, 6) is 0. The molecule has 0 N–H and O–H groups in total. The fourth-order valence-electron chi connectivity index (χ4n) is 5.36. The number of halogens is 1. The molecule has 0 radical (unpaired) electrons. The van der Waals surface area contributed by atoms with Gasteiger partial charge in [-0.2, -0.15) is 0 Å². The van der Waals surface area contributed by atoms with Gasteiger partial charge in [0.1, 0.15) is 0 Å². The van der Waals surface area contributed by atoms with E-state index >= 15 is 0 Å². The SMILES string of the molecule is Cl.O=[N+]([O-])c1ccc(N2CCN(C3CCC4(CC3)OCc3ccccc34)CC2)cc1. The van der Waals surface area contributed by atoms with Crippen LogP contribution in [0, 0.1) is 10.1 Å². The Morgan fingerprint density at radius 2 is 1.63 bits per heavy atom. The van der Waals surface area contributed by atoms with Gasteiger partial charge in [-0.05, 0) is 48.9 Å². The van der Waals surface area contributed by atoms with Crippen molar-refractivity contribution < 1.29 is 9.66 Å². The molecule has 1 saturated carbocycles. The van der Waals surface area contributed by atoms with Crippen LogP contribution in [0.2, 0.25) is 0 Å². The van der Waals surface area contributed by atoms with Crippen LogP contribution in [0.4, 0.5) is 11.4 Å². The molecule has 30 heavy (non-hydrogen) atoms. The Kier molecular flexibility index (Phi) is 6.00. The minimum absolute atomic E-state index is 0. The van der Waals surface area contributed by atoms with Crippen LogP contribution >= 0.6 is 12.4 Å². The molecule has 0 unspecified atom stereocenters. The Balaban J connectivity index is 0.00000218. The zero-order valence-corrected chi connectivity index (χ0v) is 17.9. The quantitative estimate of drug-likeness (QED) is 0.530. The molecule has 3 aliphatic rings. The van der Waals surface area contributed by atoms with Gasteiger partial charge in [0, 0.05) is 50.0 Å². The van der Waals surface area contributed by atoms with Crippen molar-refractivity contribution in [3.63, 3.8) is 0 Å². The molecule has 0 bridgehead atoms. The molecule has 2 aliphatic heterocycles. The molecule has 0 amide bonds. The monoisotopic (exact) mass is 429 g/mol. The predicted octanol–water partition coefficient (Wildman–Crippen LogP) is 4.51. The van der Waals surface area contributed by atoms with E-state index in [2.05, 4.69) is 34.1 Å². The topological polar surface area (TPSA) is 58.9 Å². The largest absolute Gasteiger partial charge is 0.369 e. The second-order valence-electron chi connectivity index (χ2n) is 8.47. The number of anilines is 1. The van der Waals surface area contributed by atoms with Gasteiger partial charge in [0.05, 0.1) is 17.1 Å². The number of ether oxygens (including phenoxy) is 1. The summed E-state index contributed by atoms with van der Waals surface area (Å²) in [6.45, 7) is 4.80. The van der Waals surface area contributed by atoms with E-state index in [1.165, 1.54) is 24.0 Å². The maximum absolute atomic E-state index is 10.8. The highest BCUT2D eigenvalue weighted by atomic mass is 35.5. The maximum atomic E-state index is 10.8. The van der Waals surface area contributed by atoms with Gasteiger partial charge in [0.15, 0.2) is 0 Å². The lowest BCUT2D eigenvalue weighted by molar-refractivity contribution is -0.384. The van der Waals surface area contributed by atoms with Gasteiger partial charge in [-0.15, -0.1) is 12.4 Å². The molecule has 2 aromatic rings. The molecule has 6 nitrogen and oxygen atoms in total. The predicted molar refractivity (Wildman–Crippen MR) is 119 cm³/mol. The van der Waals surface area contributed by atoms with Crippen LogP contribution in [-0.2, 0) is 16.9 Å². The summed E-state index contributed by atoms with van der Waals surface area (Å²) >= 11 is 0. The highest BCUT2D eigenvalue weighted by molar-refractivity contribution is 5.85. The van der Waals surface area contributed by atoms with Gasteiger partial charge in [0.2, 0.25) is 0 Å². The first-order valence-electron chi connectivity index (χ1n) is 10.6. The highest BCUT2D eigenvalue weighted by Gasteiger charge is 2.43. The van der Waals surface area contributed by atoms with Crippen LogP contribution in [0.3, 0.4) is 0 Å². The number of piperazine rings is 1. The first kappa shape index (κ1) is 21.1. The Morgan fingerprint density at radius 1 is 0.967 bits per heavy atom. The summed E-state index contributed by atoms with van der Waals surface area (Å²) in [5, 5.41) is 10.8. The van der Waals surface area contributed by atoms with Gasteiger partial charge in [-0.1, -0.05) is 24.3 Å². The number of non-ortho nitro benzene ring substituents is 1. The number of benzene rings is 2. The van der Waals surface area contributed by atoms with Crippen molar-refractivity contribution >= 4 is 23.8 Å². The van der Waals surface area contributed by atoms with Crippen molar-refractivity contribution in [3.05, 3.63) is 69.8 Å². The molecule has 2 aromatic carbocycles. The van der Waals surface area contributed by atoms with E-state index in [0.29, 0.717) is 6.04 Å². The molecule has 0 atom stereocenters. The van der Waals surface area contributed by atoms with Crippen LogP contribution in [0.25, 0.3) is 0 Å². The molecule has 0 aromatic heterocycles. The number of hydrogen-bond donors (Lipinski definition) is 0. The number of nitro groups is 1. The summed E-state index contributed by atoms with van der Waals surface area (Å²) in [6, 6.07) is 16.3. The number of fused-ring (bicyclic) bond motifs is 2. The van der Waals surface area contributed by atoms with Crippen molar-refractivity contribution in [2.24, 2.45) is 0 Å². The molecular formula is C23H28ClN3O3. The third-order valence-corrected chi connectivity index (χ3v) is 7.03. The second-order valence-corrected chi connectivity index (χ2v) is 8.47. The number of nitro benzene ring substituents is 1. The average Bonchev–Trinajstić information content (AvgIpc) is 3.13. The van der Waals surface area contributed by atoms with Crippen molar-refractivity contribution in [2.75, 3.05) is 31.1 Å². The zero-order chi connectivity index (χ0) is 19.8.